The van der Waals surface area contributed by atoms with Crippen LogP contribution in [0.5, 0.6) is 0 Å². The van der Waals surface area contributed by atoms with Crippen molar-refractivity contribution < 1.29 is 4.92 Å². The first-order valence-electron chi connectivity index (χ1n) is 6.16. The van der Waals surface area contributed by atoms with Gasteiger partial charge in [-0.2, -0.15) is 0 Å². The second kappa shape index (κ2) is 5.04. The number of para-hydroxylation sites is 1. The molecule has 2 aromatic carbocycles. The van der Waals surface area contributed by atoms with E-state index in [0.717, 1.165) is 5.69 Å². The summed E-state index contributed by atoms with van der Waals surface area (Å²) >= 11 is 0. The molecule has 0 amide bonds. The zero-order valence-corrected chi connectivity index (χ0v) is 10.9. The Morgan fingerprint density at radius 2 is 1.90 bits per heavy atom. The highest BCUT2D eigenvalue weighted by molar-refractivity contribution is 5.69. The first-order valence-corrected chi connectivity index (χ1v) is 6.16. The maximum atomic E-state index is 11.0. The number of nitrogens with zero attached hydrogens (tertiary/aromatic N) is 4. The van der Waals surface area contributed by atoms with Crippen LogP contribution < -0.4 is 5.73 Å². The van der Waals surface area contributed by atoms with Gasteiger partial charge in [-0.15, -0.1) is 10.2 Å². The third kappa shape index (κ3) is 2.32. The van der Waals surface area contributed by atoms with Crippen LogP contribution in [0.25, 0.3) is 17.1 Å². The van der Waals surface area contributed by atoms with Crippen LogP contribution in [0.1, 0.15) is 0 Å². The average molecular weight is 281 g/mol. The molecule has 0 aliphatic heterocycles. The molecule has 0 aliphatic carbocycles. The molecule has 0 aliphatic rings. The predicted molar refractivity (Wildman–Crippen MR) is 77.9 cm³/mol. The number of nitro groups is 1. The fraction of sp³-hybridized carbons (Fsp3) is 0. The summed E-state index contributed by atoms with van der Waals surface area (Å²) < 4.78 is 1.76. The van der Waals surface area contributed by atoms with Crippen molar-refractivity contribution in [1.82, 2.24) is 14.8 Å². The molecule has 0 saturated heterocycles. The van der Waals surface area contributed by atoms with E-state index in [4.69, 9.17) is 5.73 Å². The largest absolute Gasteiger partial charge is 0.393 e. The van der Waals surface area contributed by atoms with E-state index in [2.05, 4.69) is 10.2 Å². The Kier molecular flexibility index (Phi) is 3.07. The number of nitrogen functional groups attached to an aromatic ring is 1. The van der Waals surface area contributed by atoms with Crippen molar-refractivity contribution in [2.45, 2.75) is 0 Å². The van der Waals surface area contributed by atoms with Crippen LogP contribution in [0.3, 0.4) is 0 Å². The molecule has 0 saturated carbocycles. The van der Waals surface area contributed by atoms with Crippen LogP contribution in [-0.4, -0.2) is 19.7 Å². The third-order valence-corrected chi connectivity index (χ3v) is 3.07. The van der Waals surface area contributed by atoms with Gasteiger partial charge in [0.25, 0.3) is 5.69 Å². The minimum atomic E-state index is -0.512. The molecule has 2 N–H and O–H groups in total. The lowest BCUT2D eigenvalue weighted by Crippen LogP contribution is -1.99. The molecule has 1 aromatic heterocycles. The highest BCUT2D eigenvalue weighted by Gasteiger charge is 2.16. The van der Waals surface area contributed by atoms with Crippen LogP contribution in [0.2, 0.25) is 0 Å². The zero-order chi connectivity index (χ0) is 14.8. The number of nitrogens with two attached hydrogens (primary N) is 1. The Morgan fingerprint density at radius 1 is 1.14 bits per heavy atom. The number of anilines is 1. The van der Waals surface area contributed by atoms with E-state index in [-0.39, 0.29) is 11.4 Å². The minimum absolute atomic E-state index is 0.120. The lowest BCUT2D eigenvalue weighted by molar-refractivity contribution is -0.383. The Labute approximate surface area is 119 Å². The maximum absolute atomic E-state index is 11.0. The number of hydrogen-bond acceptors (Lipinski definition) is 5. The van der Waals surface area contributed by atoms with Crippen molar-refractivity contribution in [3.63, 3.8) is 0 Å². The molecular formula is C14H11N5O2. The molecule has 1 heterocycles. The van der Waals surface area contributed by atoms with E-state index in [0.29, 0.717) is 11.4 Å². The van der Waals surface area contributed by atoms with Gasteiger partial charge in [0.1, 0.15) is 12.0 Å². The second-order valence-electron chi connectivity index (χ2n) is 4.39. The molecule has 7 nitrogen and oxygen atoms in total. The summed E-state index contributed by atoms with van der Waals surface area (Å²) in [6, 6.07) is 14.1. The summed E-state index contributed by atoms with van der Waals surface area (Å²) in [7, 11) is 0. The summed E-state index contributed by atoms with van der Waals surface area (Å²) in [5.41, 5.74) is 7.04. The van der Waals surface area contributed by atoms with Crippen molar-refractivity contribution in [3.05, 3.63) is 65.0 Å². The first kappa shape index (κ1) is 12.8. The van der Waals surface area contributed by atoms with Gasteiger partial charge >= 0.3 is 0 Å². The molecule has 7 heteroatoms. The van der Waals surface area contributed by atoms with Crippen molar-refractivity contribution in [1.29, 1.82) is 0 Å². The van der Waals surface area contributed by atoms with Gasteiger partial charge in [0.05, 0.1) is 4.92 Å². The normalized spacial score (nSPS) is 10.5. The van der Waals surface area contributed by atoms with E-state index in [1.165, 1.54) is 12.1 Å². The van der Waals surface area contributed by atoms with Gasteiger partial charge in [-0.1, -0.05) is 18.2 Å². The lowest BCUT2D eigenvalue weighted by Gasteiger charge is -2.07. The number of rotatable bonds is 3. The maximum Gasteiger partial charge on any atom is 0.292 e. The van der Waals surface area contributed by atoms with Gasteiger partial charge in [0.2, 0.25) is 0 Å². The topological polar surface area (TPSA) is 99.9 Å². The van der Waals surface area contributed by atoms with Crippen molar-refractivity contribution in [3.8, 4) is 17.1 Å². The van der Waals surface area contributed by atoms with Crippen molar-refractivity contribution >= 4 is 11.4 Å². The Bertz CT molecular complexity index is 798. The number of hydrogen-bond donors (Lipinski definition) is 1. The fourth-order valence-electron chi connectivity index (χ4n) is 2.05. The standard InChI is InChI=1S/C14H11N5O2/c15-12-7-6-10(8-13(12)19(20)21)14-17-16-9-18(14)11-4-2-1-3-5-11/h1-9H,15H2. The van der Waals surface area contributed by atoms with Crippen LogP contribution in [-0.2, 0) is 0 Å². The molecule has 0 fully saturated rings. The molecule has 3 rings (SSSR count). The number of nitro benzene ring substituents is 1. The van der Waals surface area contributed by atoms with Gasteiger partial charge in [-0.3, -0.25) is 14.7 Å². The van der Waals surface area contributed by atoms with Gasteiger partial charge in [-0.25, -0.2) is 0 Å². The SMILES string of the molecule is Nc1ccc(-c2nncn2-c2ccccc2)cc1[N+](=O)[O-]. The molecule has 0 radical (unpaired) electrons. The summed E-state index contributed by atoms with van der Waals surface area (Å²) in [6.45, 7) is 0. The third-order valence-electron chi connectivity index (χ3n) is 3.07. The molecule has 104 valence electrons. The molecule has 0 unspecified atom stereocenters. The van der Waals surface area contributed by atoms with Crippen LogP contribution in [0, 0.1) is 10.1 Å². The smallest absolute Gasteiger partial charge is 0.292 e. The van der Waals surface area contributed by atoms with Crippen LogP contribution in [0.4, 0.5) is 11.4 Å². The predicted octanol–water partition coefficient (Wildman–Crippen LogP) is 2.42. The highest BCUT2D eigenvalue weighted by Crippen LogP contribution is 2.28. The Morgan fingerprint density at radius 3 is 2.62 bits per heavy atom. The van der Waals surface area contributed by atoms with Crippen molar-refractivity contribution in [2.75, 3.05) is 5.73 Å². The zero-order valence-electron chi connectivity index (χ0n) is 10.9. The Balaban J connectivity index is 2.13. The number of aromatic nitrogens is 3. The Hall–Kier alpha value is -3.22. The summed E-state index contributed by atoms with van der Waals surface area (Å²) in [6.07, 6.45) is 1.56. The second-order valence-corrected chi connectivity index (χ2v) is 4.39. The van der Waals surface area contributed by atoms with Gasteiger partial charge < -0.3 is 5.73 Å². The number of benzene rings is 2. The molecule has 0 bridgehead atoms. The first-order chi connectivity index (χ1) is 10.2. The summed E-state index contributed by atoms with van der Waals surface area (Å²) in [4.78, 5) is 10.5. The summed E-state index contributed by atoms with van der Waals surface area (Å²) in [5.74, 6) is 0.518. The van der Waals surface area contributed by atoms with E-state index < -0.39 is 4.92 Å². The monoisotopic (exact) mass is 281 g/mol. The quantitative estimate of drug-likeness (QED) is 0.451. The molecule has 3 aromatic rings. The van der Waals surface area contributed by atoms with Crippen molar-refractivity contribution in [2.24, 2.45) is 0 Å². The van der Waals surface area contributed by atoms with Crippen LogP contribution in [0.15, 0.2) is 54.9 Å². The molecule has 21 heavy (non-hydrogen) atoms. The van der Waals surface area contributed by atoms with Gasteiger partial charge in [-0.05, 0) is 24.3 Å². The van der Waals surface area contributed by atoms with E-state index in [1.807, 2.05) is 30.3 Å². The van der Waals surface area contributed by atoms with E-state index in [9.17, 15) is 10.1 Å². The average Bonchev–Trinajstić information content (AvgIpc) is 2.98. The highest BCUT2D eigenvalue weighted by atomic mass is 16.6. The van der Waals surface area contributed by atoms with E-state index >= 15 is 0 Å². The van der Waals surface area contributed by atoms with Gasteiger partial charge in [0, 0.05) is 17.3 Å². The molecule has 0 spiro atoms. The minimum Gasteiger partial charge on any atom is -0.393 e. The molecule has 0 atom stereocenters. The fourth-order valence-corrected chi connectivity index (χ4v) is 2.05. The van der Waals surface area contributed by atoms with Crippen LogP contribution >= 0.6 is 0 Å². The molecular weight excluding hydrogens is 270 g/mol. The van der Waals surface area contributed by atoms with E-state index in [1.54, 1.807) is 17.0 Å². The summed E-state index contributed by atoms with van der Waals surface area (Å²) in [5, 5.41) is 18.9. The lowest BCUT2D eigenvalue weighted by atomic mass is 10.1. The van der Waals surface area contributed by atoms with Gasteiger partial charge in [0.15, 0.2) is 5.82 Å².